The third kappa shape index (κ3) is 3.27. The fourth-order valence-corrected chi connectivity index (χ4v) is 1.59. The first-order chi connectivity index (χ1) is 7.15. The molecule has 1 aromatic rings. The lowest BCUT2D eigenvalue weighted by Crippen LogP contribution is -2.14. The normalized spacial score (nSPS) is 12.1. The highest BCUT2D eigenvalue weighted by Crippen LogP contribution is 2.28. The predicted octanol–water partition coefficient (Wildman–Crippen LogP) is 2.06. The van der Waals surface area contributed by atoms with E-state index >= 15 is 0 Å². The lowest BCUT2D eigenvalue weighted by molar-refractivity contribution is -0.118. The number of rotatable bonds is 5. The van der Waals surface area contributed by atoms with E-state index < -0.39 is 0 Å². The molecule has 1 rings (SSSR count). The first-order valence-corrected chi connectivity index (χ1v) is 5.15. The maximum Gasteiger partial charge on any atom is 0.218 e. The molecule has 0 heterocycles. The van der Waals surface area contributed by atoms with Crippen molar-refractivity contribution < 1.29 is 9.53 Å². The molecule has 0 aromatic heterocycles. The van der Waals surface area contributed by atoms with Crippen LogP contribution in [0.3, 0.4) is 0 Å². The zero-order chi connectivity index (χ0) is 11.3. The van der Waals surface area contributed by atoms with Crippen molar-refractivity contribution in [3.05, 3.63) is 29.8 Å². The lowest BCUT2D eigenvalue weighted by Gasteiger charge is -2.14. The Hall–Kier alpha value is -1.51. The minimum atomic E-state index is -0.284. The largest absolute Gasteiger partial charge is 0.494 e. The van der Waals surface area contributed by atoms with E-state index in [4.69, 9.17) is 10.5 Å². The minimum absolute atomic E-state index is 0.102. The van der Waals surface area contributed by atoms with Crippen LogP contribution < -0.4 is 10.5 Å². The molecule has 1 atom stereocenters. The van der Waals surface area contributed by atoms with Gasteiger partial charge >= 0.3 is 0 Å². The van der Waals surface area contributed by atoms with Crippen LogP contribution in [0.4, 0.5) is 0 Å². The zero-order valence-electron chi connectivity index (χ0n) is 9.19. The number of ether oxygens (including phenoxy) is 1. The third-order valence-electron chi connectivity index (χ3n) is 2.26. The summed E-state index contributed by atoms with van der Waals surface area (Å²) in [5, 5.41) is 0. The first-order valence-electron chi connectivity index (χ1n) is 5.15. The van der Waals surface area contributed by atoms with Gasteiger partial charge in [-0.15, -0.1) is 0 Å². The Kier molecular flexibility index (Phi) is 4.16. The number of carbonyl (C=O) groups excluding carboxylic acids is 1. The quantitative estimate of drug-likeness (QED) is 0.803. The van der Waals surface area contributed by atoms with Gasteiger partial charge in [-0.05, 0) is 24.5 Å². The summed E-state index contributed by atoms with van der Waals surface area (Å²) in [6.45, 7) is 4.54. The molecule has 0 bridgehead atoms. The molecular formula is C12H17NO2. The summed E-state index contributed by atoms with van der Waals surface area (Å²) >= 11 is 0. The second-order valence-corrected chi connectivity index (χ2v) is 3.54. The molecule has 0 spiro atoms. The van der Waals surface area contributed by atoms with Crippen LogP contribution in [0.15, 0.2) is 24.3 Å². The molecule has 0 saturated heterocycles. The second kappa shape index (κ2) is 5.39. The van der Waals surface area contributed by atoms with Gasteiger partial charge < -0.3 is 10.5 Å². The highest BCUT2D eigenvalue weighted by Gasteiger charge is 2.13. The SMILES string of the molecule is CCOc1ccccc1C(C)CC(N)=O. The number of hydrogen-bond acceptors (Lipinski definition) is 2. The van der Waals surface area contributed by atoms with Gasteiger partial charge in [0.15, 0.2) is 0 Å². The molecule has 0 saturated carbocycles. The van der Waals surface area contributed by atoms with Gasteiger partial charge in [-0.3, -0.25) is 4.79 Å². The van der Waals surface area contributed by atoms with E-state index in [1.165, 1.54) is 0 Å². The molecule has 2 N–H and O–H groups in total. The van der Waals surface area contributed by atoms with Crippen molar-refractivity contribution in [1.29, 1.82) is 0 Å². The predicted molar refractivity (Wildman–Crippen MR) is 59.8 cm³/mol. The molecule has 0 aliphatic heterocycles. The summed E-state index contributed by atoms with van der Waals surface area (Å²) < 4.78 is 5.49. The van der Waals surface area contributed by atoms with E-state index in [0.29, 0.717) is 13.0 Å². The van der Waals surface area contributed by atoms with Crippen LogP contribution in [0.25, 0.3) is 0 Å². The van der Waals surface area contributed by atoms with Gasteiger partial charge in [0, 0.05) is 6.42 Å². The highest BCUT2D eigenvalue weighted by molar-refractivity contribution is 5.74. The Bertz CT molecular complexity index is 336. The third-order valence-corrected chi connectivity index (χ3v) is 2.26. The Morgan fingerprint density at radius 2 is 2.13 bits per heavy atom. The molecular weight excluding hydrogens is 190 g/mol. The average molecular weight is 207 g/mol. The molecule has 0 aliphatic rings. The monoisotopic (exact) mass is 207 g/mol. The fraction of sp³-hybridized carbons (Fsp3) is 0.417. The molecule has 82 valence electrons. The van der Waals surface area contributed by atoms with Crippen LogP contribution >= 0.6 is 0 Å². The van der Waals surface area contributed by atoms with Crippen molar-refractivity contribution >= 4 is 5.91 Å². The summed E-state index contributed by atoms with van der Waals surface area (Å²) in [6, 6.07) is 7.75. The van der Waals surface area contributed by atoms with Crippen molar-refractivity contribution in [2.24, 2.45) is 5.73 Å². The molecule has 1 unspecified atom stereocenters. The summed E-state index contributed by atoms with van der Waals surface area (Å²) in [4.78, 5) is 10.8. The van der Waals surface area contributed by atoms with Gasteiger partial charge in [0.25, 0.3) is 0 Å². The van der Waals surface area contributed by atoms with Gasteiger partial charge in [0.1, 0.15) is 5.75 Å². The molecule has 1 aromatic carbocycles. The van der Waals surface area contributed by atoms with Crippen LogP contribution in [-0.4, -0.2) is 12.5 Å². The summed E-state index contributed by atoms with van der Waals surface area (Å²) in [5.41, 5.74) is 6.21. The van der Waals surface area contributed by atoms with Gasteiger partial charge in [0.05, 0.1) is 6.61 Å². The number of benzene rings is 1. The Morgan fingerprint density at radius 1 is 1.47 bits per heavy atom. The van der Waals surface area contributed by atoms with E-state index in [-0.39, 0.29) is 11.8 Å². The molecule has 3 heteroatoms. The van der Waals surface area contributed by atoms with Crippen molar-refractivity contribution in [1.82, 2.24) is 0 Å². The molecule has 0 radical (unpaired) electrons. The molecule has 0 aliphatic carbocycles. The van der Waals surface area contributed by atoms with Crippen molar-refractivity contribution in [3.8, 4) is 5.75 Å². The van der Waals surface area contributed by atoms with Crippen LogP contribution in [0.2, 0.25) is 0 Å². The van der Waals surface area contributed by atoms with Gasteiger partial charge in [0.2, 0.25) is 5.91 Å². The van der Waals surface area contributed by atoms with Crippen molar-refractivity contribution in [2.45, 2.75) is 26.2 Å². The second-order valence-electron chi connectivity index (χ2n) is 3.54. The molecule has 0 fully saturated rings. The van der Waals surface area contributed by atoms with Gasteiger partial charge in [-0.1, -0.05) is 25.1 Å². The molecule has 15 heavy (non-hydrogen) atoms. The summed E-state index contributed by atoms with van der Waals surface area (Å²) in [5.74, 6) is 0.660. The van der Waals surface area contributed by atoms with Crippen LogP contribution in [0.5, 0.6) is 5.75 Å². The summed E-state index contributed by atoms with van der Waals surface area (Å²) in [7, 11) is 0. The average Bonchev–Trinajstić information content (AvgIpc) is 2.18. The van der Waals surface area contributed by atoms with Gasteiger partial charge in [-0.2, -0.15) is 0 Å². The number of para-hydroxylation sites is 1. The van der Waals surface area contributed by atoms with Crippen molar-refractivity contribution in [2.75, 3.05) is 6.61 Å². The van der Waals surface area contributed by atoms with E-state index in [1.54, 1.807) is 0 Å². The fourth-order valence-electron chi connectivity index (χ4n) is 1.59. The van der Waals surface area contributed by atoms with Crippen molar-refractivity contribution in [3.63, 3.8) is 0 Å². The number of nitrogens with two attached hydrogens (primary N) is 1. The first kappa shape index (κ1) is 11.6. The van der Waals surface area contributed by atoms with E-state index in [1.807, 2.05) is 38.1 Å². The molecule has 3 nitrogen and oxygen atoms in total. The van der Waals surface area contributed by atoms with E-state index in [9.17, 15) is 4.79 Å². The number of hydrogen-bond donors (Lipinski definition) is 1. The Labute approximate surface area is 90.2 Å². The maximum absolute atomic E-state index is 10.8. The zero-order valence-corrected chi connectivity index (χ0v) is 9.19. The number of primary amides is 1. The van der Waals surface area contributed by atoms with Crippen LogP contribution in [0.1, 0.15) is 31.7 Å². The lowest BCUT2D eigenvalue weighted by atomic mass is 9.96. The maximum atomic E-state index is 10.8. The standard InChI is InChI=1S/C12H17NO2/c1-3-15-11-7-5-4-6-10(11)9(2)8-12(13)14/h4-7,9H,3,8H2,1-2H3,(H2,13,14). The molecule has 1 amide bonds. The highest BCUT2D eigenvalue weighted by atomic mass is 16.5. The Morgan fingerprint density at radius 3 is 2.73 bits per heavy atom. The van der Waals surface area contributed by atoms with Crippen LogP contribution in [-0.2, 0) is 4.79 Å². The topological polar surface area (TPSA) is 52.3 Å². The Balaban J connectivity index is 2.86. The number of carbonyl (C=O) groups is 1. The number of amides is 1. The smallest absolute Gasteiger partial charge is 0.218 e. The van der Waals surface area contributed by atoms with Crippen LogP contribution in [0, 0.1) is 0 Å². The summed E-state index contributed by atoms with van der Waals surface area (Å²) in [6.07, 6.45) is 0.351. The minimum Gasteiger partial charge on any atom is -0.494 e. The van der Waals surface area contributed by atoms with Gasteiger partial charge in [-0.25, -0.2) is 0 Å². The van der Waals surface area contributed by atoms with E-state index in [2.05, 4.69) is 0 Å². The van der Waals surface area contributed by atoms with E-state index in [0.717, 1.165) is 11.3 Å².